The lowest BCUT2D eigenvalue weighted by Gasteiger charge is -2.14. The molecule has 1 aliphatic carbocycles. The Morgan fingerprint density at radius 3 is 2.68 bits per heavy atom. The molecule has 2 aromatic heterocycles. The smallest absolute Gasteiger partial charge is 0.339 e. The highest BCUT2D eigenvalue weighted by Crippen LogP contribution is 2.57. The van der Waals surface area contributed by atoms with Gasteiger partial charge in [-0.05, 0) is 18.4 Å². The van der Waals surface area contributed by atoms with E-state index in [0.717, 1.165) is 5.56 Å². The van der Waals surface area contributed by atoms with Crippen LogP contribution in [0.3, 0.4) is 0 Å². The van der Waals surface area contributed by atoms with E-state index in [-0.39, 0.29) is 31.0 Å². The molecular weight excluding hydrogens is 261 g/mol. The third kappa shape index (κ3) is 2.00. The second-order valence-corrected chi connectivity index (χ2v) is 4.79. The van der Waals surface area contributed by atoms with Crippen molar-refractivity contribution in [3.05, 3.63) is 29.7 Å². The van der Waals surface area contributed by atoms with Crippen LogP contribution in [0.15, 0.2) is 16.9 Å². The first kappa shape index (κ1) is 12.2. The number of aromatic nitrogens is 4. The minimum atomic E-state index is -4.32. The zero-order valence-electron chi connectivity index (χ0n) is 10.1. The van der Waals surface area contributed by atoms with Crippen molar-refractivity contribution in [2.45, 2.75) is 30.9 Å². The predicted molar refractivity (Wildman–Crippen MR) is 57.3 cm³/mol. The molecule has 0 N–H and O–H groups in total. The van der Waals surface area contributed by atoms with Gasteiger partial charge in [-0.2, -0.15) is 23.3 Å². The Morgan fingerprint density at radius 2 is 2.16 bits per heavy atom. The van der Waals surface area contributed by atoms with E-state index in [1.165, 1.54) is 0 Å². The number of aryl methyl sites for hydroxylation is 1. The number of hydrogen-bond donors (Lipinski definition) is 0. The maximum absolute atomic E-state index is 12.9. The molecule has 0 unspecified atom stereocenters. The second-order valence-electron chi connectivity index (χ2n) is 4.79. The molecule has 3 rings (SSSR count). The average Bonchev–Trinajstić information content (AvgIpc) is 2.87. The van der Waals surface area contributed by atoms with Crippen molar-refractivity contribution in [1.82, 2.24) is 19.9 Å². The van der Waals surface area contributed by atoms with E-state index in [4.69, 9.17) is 4.52 Å². The molecule has 5 nitrogen and oxygen atoms in total. The Kier molecular flexibility index (Phi) is 2.45. The number of halogens is 3. The maximum Gasteiger partial charge on any atom is 0.401 e. The molecule has 1 aliphatic rings. The largest absolute Gasteiger partial charge is 0.401 e. The molecule has 1 saturated carbocycles. The van der Waals surface area contributed by atoms with Crippen LogP contribution in [-0.4, -0.2) is 26.1 Å². The van der Waals surface area contributed by atoms with Crippen LogP contribution in [0.2, 0.25) is 0 Å². The van der Waals surface area contributed by atoms with Crippen LogP contribution in [-0.2, 0) is 18.9 Å². The van der Waals surface area contributed by atoms with E-state index in [2.05, 4.69) is 15.2 Å². The molecule has 1 fully saturated rings. The van der Waals surface area contributed by atoms with Crippen LogP contribution in [0.4, 0.5) is 13.2 Å². The molecule has 0 aromatic carbocycles. The highest BCUT2D eigenvalue weighted by molar-refractivity contribution is 5.22. The summed E-state index contributed by atoms with van der Waals surface area (Å²) in [5.41, 5.74) is -1.07. The molecule has 0 bridgehead atoms. The SMILES string of the molecule is Cn1cc(Cc2nc(C3(C(F)(F)F)CC3)no2)cn1. The minimum Gasteiger partial charge on any atom is -0.339 e. The zero-order valence-corrected chi connectivity index (χ0v) is 10.1. The number of alkyl halides is 3. The molecular formula is C11H11F3N4O. The van der Waals surface area contributed by atoms with Gasteiger partial charge < -0.3 is 4.52 Å². The summed E-state index contributed by atoms with van der Waals surface area (Å²) in [6, 6.07) is 0. The molecule has 0 amide bonds. The summed E-state index contributed by atoms with van der Waals surface area (Å²) in [5, 5.41) is 7.45. The third-order valence-electron chi connectivity index (χ3n) is 3.30. The van der Waals surface area contributed by atoms with Gasteiger partial charge in [0, 0.05) is 13.2 Å². The van der Waals surface area contributed by atoms with Crippen LogP contribution < -0.4 is 0 Å². The second kappa shape index (κ2) is 3.82. The number of rotatable bonds is 3. The summed E-state index contributed by atoms with van der Waals surface area (Å²) in [4.78, 5) is 3.88. The Morgan fingerprint density at radius 1 is 1.42 bits per heavy atom. The van der Waals surface area contributed by atoms with E-state index in [1.807, 2.05) is 0 Å². The van der Waals surface area contributed by atoms with Gasteiger partial charge in [0.2, 0.25) is 5.89 Å². The van der Waals surface area contributed by atoms with Gasteiger partial charge in [0.15, 0.2) is 5.82 Å². The van der Waals surface area contributed by atoms with Crippen LogP contribution in [0.25, 0.3) is 0 Å². The standard InChI is InChI=1S/C11H11F3N4O/c1-18-6-7(5-15-18)4-8-16-9(17-19-8)10(2-3-10)11(12,13)14/h5-6H,2-4H2,1H3. The van der Waals surface area contributed by atoms with Crippen LogP contribution in [0.5, 0.6) is 0 Å². The molecule has 2 heterocycles. The first-order valence-corrected chi connectivity index (χ1v) is 5.78. The third-order valence-corrected chi connectivity index (χ3v) is 3.30. The molecule has 8 heteroatoms. The number of hydrogen-bond acceptors (Lipinski definition) is 4. The first-order chi connectivity index (χ1) is 8.91. The molecule has 102 valence electrons. The van der Waals surface area contributed by atoms with Crippen LogP contribution in [0, 0.1) is 0 Å². The van der Waals surface area contributed by atoms with Gasteiger partial charge in [0.1, 0.15) is 5.41 Å². The van der Waals surface area contributed by atoms with Crippen molar-refractivity contribution in [2.24, 2.45) is 7.05 Å². The molecule has 0 saturated heterocycles. The Hall–Kier alpha value is -1.86. The Labute approximate surface area is 106 Å². The molecule has 0 atom stereocenters. The highest BCUT2D eigenvalue weighted by atomic mass is 19.4. The maximum atomic E-state index is 12.9. The summed E-state index contributed by atoms with van der Waals surface area (Å²) < 4.78 is 45.2. The fourth-order valence-corrected chi connectivity index (χ4v) is 2.02. The summed E-state index contributed by atoms with van der Waals surface area (Å²) in [5.74, 6) is -0.0718. The highest BCUT2D eigenvalue weighted by Gasteiger charge is 2.67. The van der Waals surface area contributed by atoms with Crippen LogP contribution in [0.1, 0.15) is 30.1 Å². The van der Waals surface area contributed by atoms with Crippen molar-refractivity contribution in [2.75, 3.05) is 0 Å². The van der Waals surface area contributed by atoms with Crippen LogP contribution >= 0.6 is 0 Å². The van der Waals surface area contributed by atoms with Crippen molar-refractivity contribution in [3.8, 4) is 0 Å². The Balaban J connectivity index is 1.81. The van der Waals surface area contributed by atoms with Gasteiger partial charge in [-0.15, -0.1) is 0 Å². The summed E-state index contributed by atoms with van der Waals surface area (Å²) >= 11 is 0. The summed E-state index contributed by atoms with van der Waals surface area (Å²) in [7, 11) is 1.76. The van der Waals surface area contributed by atoms with E-state index in [0.29, 0.717) is 0 Å². The lowest BCUT2D eigenvalue weighted by molar-refractivity contribution is -0.162. The van der Waals surface area contributed by atoms with Gasteiger partial charge in [-0.3, -0.25) is 4.68 Å². The normalized spacial score (nSPS) is 17.7. The molecule has 0 aliphatic heterocycles. The molecule has 0 radical (unpaired) electrons. The van der Waals surface area contributed by atoms with E-state index >= 15 is 0 Å². The summed E-state index contributed by atoms with van der Waals surface area (Å²) in [6.07, 6.45) is -0.608. The van der Waals surface area contributed by atoms with Crippen molar-refractivity contribution < 1.29 is 17.7 Å². The van der Waals surface area contributed by atoms with E-state index < -0.39 is 11.6 Å². The van der Waals surface area contributed by atoms with Gasteiger partial charge in [-0.1, -0.05) is 5.16 Å². The predicted octanol–water partition coefficient (Wildman–Crippen LogP) is 1.99. The van der Waals surface area contributed by atoms with Gasteiger partial charge in [0.25, 0.3) is 0 Å². The van der Waals surface area contributed by atoms with E-state index in [9.17, 15) is 13.2 Å². The fourth-order valence-electron chi connectivity index (χ4n) is 2.02. The average molecular weight is 272 g/mol. The summed E-state index contributed by atoms with van der Waals surface area (Å²) in [6.45, 7) is 0. The molecule has 19 heavy (non-hydrogen) atoms. The van der Waals surface area contributed by atoms with Gasteiger partial charge in [-0.25, -0.2) is 0 Å². The Bertz CT molecular complexity index is 597. The van der Waals surface area contributed by atoms with Crippen molar-refractivity contribution >= 4 is 0 Å². The first-order valence-electron chi connectivity index (χ1n) is 5.78. The lowest BCUT2D eigenvalue weighted by atomic mass is 10.1. The molecule has 2 aromatic rings. The van der Waals surface area contributed by atoms with Gasteiger partial charge in [0.05, 0.1) is 12.6 Å². The number of nitrogens with zero attached hydrogens (tertiary/aromatic N) is 4. The fraction of sp³-hybridized carbons (Fsp3) is 0.545. The van der Waals surface area contributed by atoms with E-state index in [1.54, 1.807) is 24.1 Å². The zero-order chi connectivity index (χ0) is 13.7. The van der Waals surface area contributed by atoms with Gasteiger partial charge >= 0.3 is 6.18 Å². The lowest BCUT2D eigenvalue weighted by Crippen LogP contribution is -2.29. The topological polar surface area (TPSA) is 56.7 Å². The monoisotopic (exact) mass is 272 g/mol. The minimum absolute atomic E-state index is 0.0301. The van der Waals surface area contributed by atoms with Crippen molar-refractivity contribution in [1.29, 1.82) is 0 Å². The molecule has 0 spiro atoms. The van der Waals surface area contributed by atoms with Crippen molar-refractivity contribution in [3.63, 3.8) is 0 Å². The quantitative estimate of drug-likeness (QED) is 0.857.